The molecule has 0 spiro atoms. The Labute approximate surface area is 47.5 Å². The molecule has 46 valence electrons. The van der Waals surface area contributed by atoms with E-state index in [1.807, 2.05) is 0 Å². The number of hydroxylamine groups is 3. The molecule has 0 saturated carbocycles. The fourth-order valence-corrected chi connectivity index (χ4v) is 0. The van der Waals surface area contributed by atoms with Gasteiger partial charge in [0.05, 0.1) is 4.97 Å². The largest absolute Gasteiger partial charge is 1.00 e. The highest BCUT2D eigenvalue weighted by molar-refractivity contribution is 3.87. The quantitative estimate of drug-likeness (QED) is 0.261. The van der Waals surface area contributed by atoms with E-state index >= 15 is 0 Å². The summed E-state index contributed by atoms with van der Waals surface area (Å²) in [6.07, 6.45) is 0. The molecule has 4 nitrogen and oxygen atoms in total. The summed E-state index contributed by atoms with van der Waals surface area (Å²) in [5.41, 5.74) is 0. The molecule has 0 aliphatic carbocycles. The van der Waals surface area contributed by atoms with Crippen molar-refractivity contribution in [1.82, 2.24) is 0 Å². The van der Waals surface area contributed by atoms with Crippen molar-refractivity contribution in [2.24, 2.45) is 0 Å². The van der Waals surface area contributed by atoms with Crippen molar-refractivity contribution < 1.29 is 33.0 Å². The van der Waals surface area contributed by atoms with Gasteiger partial charge in [-0.1, -0.05) is 0 Å². The normalized spacial score (nSPS) is 10.3. The zero-order valence-corrected chi connectivity index (χ0v) is 4.63. The molecule has 0 saturated heterocycles. The van der Waals surface area contributed by atoms with Gasteiger partial charge < -0.3 is 12.4 Å². The van der Waals surface area contributed by atoms with Crippen LogP contribution in [-0.2, 0) is 0 Å². The molecule has 5 heteroatoms. The highest BCUT2D eigenvalue weighted by Crippen LogP contribution is 1.81. The van der Waals surface area contributed by atoms with Crippen LogP contribution in [0.2, 0.25) is 0 Å². The minimum absolute atomic E-state index is 0. The summed E-state index contributed by atoms with van der Waals surface area (Å²) in [6, 6.07) is 0. The van der Waals surface area contributed by atoms with Gasteiger partial charge in [-0.05, 0) is 6.92 Å². The van der Waals surface area contributed by atoms with Crippen LogP contribution in [0.1, 0.15) is 6.92 Å². The maximum absolute atomic E-state index is 7.88. The van der Waals surface area contributed by atoms with Gasteiger partial charge in [0.15, 0.2) is 6.54 Å². The lowest BCUT2D eigenvalue weighted by Crippen LogP contribution is -3.00. The molecule has 7 heavy (non-hydrogen) atoms. The van der Waals surface area contributed by atoms with Crippen LogP contribution in [0.4, 0.5) is 0 Å². The Hall–Kier alpha value is 0.130. The second kappa shape index (κ2) is 3.17. The minimum atomic E-state index is -1.93. The van der Waals surface area contributed by atoms with Crippen molar-refractivity contribution in [1.29, 1.82) is 0 Å². The smallest absolute Gasteiger partial charge is 0.174 e. The second-order valence-corrected chi connectivity index (χ2v) is 1.01. The molecule has 0 radical (unpaired) electrons. The van der Waals surface area contributed by atoms with Crippen LogP contribution in [0.5, 0.6) is 0 Å². The lowest BCUT2D eigenvalue weighted by atomic mass is 10.8. The van der Waals surface area contributed by atoms with E-state index in [1.165, 1.54) is 6.92 Å². The Balaban J connectivity index is 0. The third-order valence-electron chi connectivity index (χ3n) is 0.424. The summed E-state index contributed by atoms with van der Waals surface area (Å²) in [5.74, 6) is 0. The van der Waals surface area contributed by atoms with E-state index < -0.39 is 4.97 Å². The molecule has 0 aromatic heterocycles. The third kappa shape index (κ3) is 10.7. The molecule has 0 aromatic carbocycles. The van der Waals surface area contributed by atoms with Crippen LogP contribution < -0.4 is 12.4 Å². The fourth-order valence-electron chi connectivity index (χ4n) is 0. The van der Waals surface area contributed by atoms with Gasteiger partial charge in [0, 0.05) is 0 Å². The van der Waals surface area contributed by atoms with Crippen LogP contribution in [0.15, 0.2) is 0 Å². The molecule has 0 heterocycles. The van der Waals surface area contributed by atoms with Crippen molar-refractivity contribution >= 4 is 0 Å². The molecule has 0 fully saturated rings. The average Bonchev–Trinajstić information content (AvgIpc) is 1.35. The number of rotatable bonds is 1. The Morgan fingerprint density at radius 2 is 1.43 bits per heavy atom. The van der Waals surface area contributed by atoms with Crippen LogP contribution >= 0.6 is 0 Å². The van der Waals surface area contributed by atoms with Gasteiger partial charge in [0.2, 0.25) is 0 Å². The first-order valence-electron chi connectivity index (χ1n) is 1.62. The molecule has 0 aliphatic rings. The van der Waals surface area contributed by atoms with Gasteiger partial charge in [-0.2, -0.15) is 0 Å². The van der Waals surface area contributed by atoms with Crippen LogP contribution in [0, 0.1) is 0 Å². The molecule has 0 amide bonds. The average molecular weight is 130 g/mol. The Morgan fingerprint density at radius 1 is 1.29 bits per heavy atom. The molecule has 0 unspecified atom stereocenters. The zero-order chi connectivity index (χ0) is 5.21. The van der Waals surface area contributed by atoms with Crippen LogP contribution in [0.3, 0.4) is 0 Å². The molecule has 0 aromatic rings. The minimum Gasteiger partial charge on any atom is -1.00 e. The molecule has 0 bridgehead atoms. The van der Waals surface area contributed by atoms with E-state index in [0.29, 0.717) is 0 Å². The molecule has 0 aliphatic heterocycles. The van der Waals surface area contributed by atoms with E-state index in [4.69, 9.17) is 15.6 Å². The maximum Gasteiger partial charge on any atom is 0.174 e. The van der Waals surface area contributed by atoms with Gasteiger partial charge in [0.1, 0.15) is 0 Å². The third-order valence-corrected chi connectivity index (χ3v) is 0.424. The van der Waals surface area contributed by atoms with Crippen molar-refractivity contribution in [2.75, 3.05) is 6.54 Å². The standard InChI is InChI=1S/C2H8NO3.ClH/c1-2-3(4,5)6;/h4-6H,2H2,1H3;1H/q+1;/p-1. The summed E-state index contributed by atoms with van der Waals surface area (Å²) in [7, 11) is 0. The summed E-state index contributed by atoms with van der Waals surface area (Å²) in [6.45, 7) is 1.31. The zero-order valence-electron chi connectivity index (χ0n) is 3.87. The topological polar surface area (TPSA) is 60.7 Å². The second-order valence-electron chi connectivity index (χ2n) is 1.01. The van der Waals surface area contributed by atoms with Gasteiger partial charge in [-0.15, -0.1) is 15.6 Å². The molecular formula is C2H8ClNO3. The number of hydrogen-bond donors (Lipinski definition) is 3. The van der Waals surface area contributed by atoms with E-state index in [9.17, 15) is 0 Å². The van der Waals surface area contributed by atoms with Crippen molar-refractivity contribution in [3.05, 3.63) is 0 Å². The first-order chi connectivity index (χ1) is 2.56. The summed E-state index contributed by atoms with van der Waals surface area (Å²) in [5, 5.41) is 23.6. The fraction of sp³-hybridized carbons (Fsp3) is 1.00. The number of halogens is 1. The van der Waals surface area contributed by atoms with E-state index in [-0.39, 0.29) is 19.0 Å². The van der Waals surface area contributed by atoms with Gasteiger partial charge in [0.25, 0.3) is 0 Å². The highest BCUT2D eigenvalue weighted by Gasteiger charge is 2.11. The van der Waals surface area contributed by atoms with E-state index in [2.05, 4.69) is 0 Å². The van der Waals surface area contributed by atoms with Crippen molar-refractivity contribution in [3.8, 4) is 0 Å². The van der Waals surface area contributed by atoms with Gasteiger partial charge in [-0.3, -0.25) is 0 Å². The number of hydrogen-bond acceptors (Lipinski definition) is 3. The van der Waals surface area contributed by atoms with Crippen LogP contribution in [-0.4, -0.2) is 27.1 Å². The summed E-state index contributed by atoms with van der Waals surface area (Å²) >= 11 is 0. The van der Waals surface area contributed by atoms with Gasteiger partial charge in [-0.25, -0.2) is 0 Å². The number of quaternary nitrogens is 1. The van der Waals surface area contributed by atoms with Crippen molar-refractivity contribution in [3.63, 3.8) is 0 Å². The Morgan fingerprint density at radius 3 is 1.43 bits per heavy atom. The van der Waals surface area contributed by atoms with E-state index in [0.717, 1.165) is 0 Å². The monoisotopic (exact) mass is 129 g/mol. The predicted octanol–water partition coefficient (Wildman–Crippen LogP) is -3.01. The molecule has 0 rings (SSSR count). The summed E-state index contributed by atoms with van der Waals surface area (Å²) < 4.78 is 0. The highest BCUT2D eigenvalue weighted by atomic mass is 35.5. The lowest BCUT2D eigenvalue weighted by Gasteiger charge is -2.06. The summed E-state index contributed by atoms with van der Waals surface area (Å²) in [4.78, 5) is -1.93. The predicted molar refractivity (Wildman–Crippen MR) is 16.2 cm³/mol. The Bertz CT molecular complexity index is 42.7. The molecule has 0 atom stereocenters. The first-order valence-corrected chi connectivity index (χ1v) is 1.62. The molecule has 3 N–H and O–H groups in total. The SMILES string of the molecule is CC[N+](O)(O)O.[Cl-]. The maximum atomic E-state index is 7.88. The number of nitrogens with zero attached hydrogens (tertiary/aromatic N) is 1. The van der Waals surface area contributed by atoms with Crippen LogP contribution in [0.25, 0.3) is 0 Å². The first kappa shape index (κ1) is 10.2. The van der Waals surface area contributed by atoms with Crippen molar-refractivity contribution in [2.45, 2.75) is 6.92 Å². The molecular weight excluding hydrogens is 121 g/mol. The van der Waals surface area contributed by atoms with Gasteiger partial charge >= 0.3 is 0 Å². The lowest BCUT2D eigenvalue weighted by molar-refractivity contribution is -1.37. The van der Waals surface area contributed by atoms with E-state index in [1.54, 1.807) is 0 Å². The Kier molecular flexibility index (Phi) is 4.62.